The lowest BCUT2D eigenvalue weighted by Crippen LogP contribution is -2.28. The molecule has 106 valence electrons. The van der Waals surface area contributed by atoms with E-state index in [1.54, 1.807) is 0 Å². The van der Waals surface area contributed by atoms with Gasteiger partial charge in [-0.25, -0.2) is 4.39 Å². The molecule has 0 amide bonds. The van der Waals surface area contributed by atoms with Gasteiger partial charge in [-0.15, -0.1) is 0 Å². The van der Waals surface area contributed by atoms with Crippen LogP contribution in [-0.4, -0.2) is 32.8 Å². The van der Waals surface area contributed by atoms with Crippen molar-refractivity contribution in [3.63, 3.8) is 0 Å². The van der Waals surface area contributed by atoms with Crippen molar-refractivity contribution in [2.45, 2.75) is 20.3 Å². The Kier molecular flexibility index (Phi) is 5.02. The third-order valence-corrected chi connectivity index (χ3v) is 3.18. The molecule has 1 saturated heterocycles. The zero-order chi connectivity index (χ0) is 13.7. The lowest BCUT2D eigenvalue weighted by atomic mass is 10.2. The summed E-state index contributed by atoms with van der Waals surface area (Å²) in [5.74, 6) is 0.866. The van der Waals surface area contributed by atoms with Crippen LogP contribution in [0.4, 0.5) is 10.1 Å². The highest BCUT2D eigenvalue weighted by Crippen LogP contribution is 2.24. The highest BCUT2D eigenvalue weighted by atomic mass is 19.1. The summed E-state index contributed by atoms with van der Waals surface area (Å²) in [7, 11) is 0. The molecule has 0 aromatic heterocycles. The number of anilines is 1. The second-order valence-electron chi connectivity index (χ2n) is 5.41. The van der Waals surface area contributed by atoms with Gasteiger partial charge in [0.1, 0.15) is 11.6 Å². The molecule has 4 heteroatoms. The minimum atomic E-state index is -0.192. The minimum absolute atomic E-state index is 0.192. The first kappa shape index (κ1) is 14.1. The highest BCUT2D eigenvalue weighted by Gasteiger charge is 2.14. The highest BCUT2D eigenvalue weighted by molar-refractivity contribution is 5.50. The van der Waals surface area contributed by atoms with E-state index in [0.29, 0.717) is 24.0 Å². The SMILES string of the molecule is CC(C)COc1ccc(N2CCCNCC2)c(F)c1. The van der Waals surface area contributed by atoms with Crippen LogP contribution in [0.5, 0.6) is 5.75 Å². The van der Waals surface area contributed by atoms with E-state index < -0.39 is 0 Å². The Morgan fingerprint density at radius 2 is 2.16 bits per heavy atom. The Balaban J connectivity index is 2.05. The molecule has 3 nitrogen and oxygen atoms in total. The number of benzene rings is 1. The van der Waals surface area contributed by atoms with Crippen molar-refractivity contribution >= 4 is 5.69 Å². The van der Waals surface area contributed by atoms with Crippen LogP contribution in [0.3, 0.4) is 0 Å². The van der Waals surface area contributed by atoms with Gasteiger partial charge in [0, 0.05) is 25.7 Å². The molecular weight excluding hydrogens is 243 g/mol. The first-order valence-electron chi connectivity index (χ1n) is 7.05. The van der Waals surface area contributed by atoms with Gasteiger partial charge >= 0.3 is 0 Å². The van der Waals surface area contributed by atoms with E-state index in [9.17, 15) is 4.39 Å². The molecule has 1 aliphatic rings. The number of hydrogen-bond donors (Lipinski definition) is 1. The van der Waals surface area contributed by atoms with E-state index >= 15 is 0 Å². The van der Waals surface area contributed by atoms with Gasteiger partial charge in [0.2, 0.25) is 0 Å². The van der Waals surface area contributed by atoms with Crippen molar-refractivity contribution in [1.82, 2.24) is 5.32 Å². The molecule has 1 aliphatic heterocycles. The molecule has 1 aromatic rings. The molecule has 1 N–H and O–H groups in total. The summed E-state index contributed by atoms with van der Waals surface area (Å²) in [4.78, 5) is 2.10. The van der Waals surface area contributed by atoms with Gasteiger partial charge in [-0.1, -0.05) is 13.8 Å². The molecule has 1 aromatic carbocycles. The zero-order valence-electron chi connectivity index (χ0n) is 11.8. The van der Waals surface area contributed by atoms with Crippen molar-refractivity contribution in [3.05, 3.63) is 24.0 Å². The van der Waals surface area contributed by atoms with Crippen LogP contribution < -0.4 is 15.0 Å². The Labute approximate surface area is 114 Å². The monoisotopic (exact) mass is 266 g/mol. The Morgan fingerprint density at radius 1 is 1.32 bits per heavy atom. The molecular formula is C15H23FN2O. The smallest absolute Gasteiger partial charge is 0.150 e. The number of nitrogens with zero attached hydrogens (tertiary/aromatic N) is 1. The summed E-state index contributed by atoms with van der Waals surface area (Å²) in [6, 6.07) is 5.19. The largest absolute Gasteiger partial charge is 0.493 e. The molecule has 19 heavy (non-hydrogen) atoms. The maximum atomic E-state index is 14.1. The predicted octanol–water partition coefficient (Wildman–Crippen LogP) is 2.66. The third kappa shape index (κ3) is 4.10. The summed E-state index contributed by atoms with van der Waals surface area (Å²) in [6.45, 7) is 8.44. The van der Waals surface area contributed by atoms with Crippen molar-refractivity contribution in [1.29, 1.82) is 0 Å². The van der Waals surface area contributed by atoms with E-state index in [2.05, 4.69) is 24.1 Å². The summed E-state index contributed by atoms with van der Waals surface area (Å²) in [6.07, 6.45) is 1.05. The summed E-state index contributed by atoms with van der Waals surface area (Å²) in [5, 5.41) is 3.32. The van der Waals surface area contributed by atoms with Gasteiger partial charge in [0.15, 0.2) is 0 Å². The van der Waals surface area contributed by atoms with E-state index in [4.69, 9.17) is 4.74 Å². The van der Waals surface area contributed by atoms with E-state index in [1.807, 2.05) is 12.1 Å². The van der Waals surface area contributed by atoms with Crippen molar-refractivity contribution in [3.8, 4) is 5.75 Å². The first-order valence-corrected chi connectivity index (χ1v) is 7.05. The molecule has 1 heterocycles. The van der Waals surface area contributed by atoms with E-state index in [1.165, 1.54) is 6.07 Å². The van der Waals surface area contributed by atoms with Crippen molar-refractivity contribution in [2.75, 3.05) is 37.7 Å². The lowest BCUT2D eigenvalue weighted by Gasteiger charge is -2.23. The van der Waals surface area contributed by atoms with Crippen molar-refractivity contribution in [2.24, 2.45) is 5.92 Å². The summed E-state index contributed by atoms with van der Waals surface area (Å²) >= 11 is 0. The quantitative estimate of drug-likeness (QED) is 0.906. The number of rotatable bonds is 4. The second kappa shape index (κ2) is 6.75. The third-order valence-electron chi connectivity index (χ3n) is 3.18. The molecule has 0 atom stereocenters. The van der Waals surface area contributed by atoms with Gasteiger partial charge in [-0.2, -0.15) is 0 Å². The van der Waals surface area contributed by atoms with Gasteiger partial charge in [0.25, 0.3) is 0 Å². The van der Waals surface area contributed by atoms with Crippen LogP contribution in [-0.2, 0) is 0 Å². The standard InChI is InChI=1S/C15H23FN2O/c1-12(2)11-19-13-4-5-15(14(16)10-13)18-8-3-6-17-7-9-18/h4-5,10,12,17H,3,6-9,11H2,1-2H3. The van der Waals surface area contributed by atoms with Crippen LogP contribution >= 0.6 is 0 Å². The fourth-order valence-corrected chi connectivity index (χ4v) is 2.18. The molecule has 0 spiro atoms. The lowest BCUT2D eigenvalue weighted by molar-refractivity contribution is 0.270. The maximum Gasteiger partial charge on any atom is 0.150 e. The van der Waals surface area contributed by atoms with Crippen molar-refractivity contribution < 1.29 is 9.13 Å². The maximum absolute atomic E-state index is 14.1. The normalized spacial score (nSPS) is 16.5. The molecule has 1 fully saturated rings. The van der Waals surface area contributed by atoms with Crippen LogP contribution in [0.15, 0.2) is 18.2 Å². The van der Waals surface area contributed by atoms with Crippen LogP contribution in [0.25, 0.3) is 0 Å². The molecule has 0 bridgehead atoms. The molecule has 0 aliphatic carbocycles. The van der Waals surface area contributed by atoms with Gasteiger partial charge < -0.3 is 15.0 Å². The topological polar surface area (TPSA) is 24.5 Å². The number of ether oxygens (including phenoxy) is 1. The fraction of sp³-hybridized carbons (Fsp3) is 0.600. The Hall–Kier alpha value is -1.29. The fourth-order valence-electron chi connectivity index (χ4n) is 2.18. The molecule has 0 radical (unpaired) electrons. The van der Waals surface area contributed by atoms with E-state index in [-0.39, 0.29) is 5.82 Å². The van der Waals surface area contributed by atoms with Gasteiger partial charge in [-0.05, 0) is 31.0 Å². The van der Waals surface area contributed by atoms with Crippen LogP contribution in [0, 0.1) is 11.7 Å². The van der Waals surface area contributed by atoms with Gasteiger partial charge in [0.05, 0.1) is 12.3 Å². The Morgan fingerprint density at radius 3 is 2.89 bits per heavy atom. The first-order chi connectivity index (χ1) is 9.16. The number of nitrogens with one attached hydrogen (secondary N) is 1. The Bertz CT molecular complexity index is 401. The van der Waals surface area contributed by atoms with Crippen LogP contribution in [0.1, 0.15) is 20.3 Å². The predicted molar refractivity (Wildman–Crippen MR) is 76.4 cm³/mol. The molecule has 0 saturated carbocycles. The van der Waals surface area contributed by atoms with E-state index in [0.717, 1.165) is 32.6 Å². The zero-order valence-corrected chi connectivity index (χ0v) is 11.8. The number of hydrogen-bond acceptors (Lipinski definition) is 3. The average molecular weight is 266 g/mol. The minimum Gasteiger partial charge on any atom is -0.493 e. The summed E-state index contributed by atoms with van der Waals surface area (Å²) in [5.41, 5.74) is 0.681. The second-order valence-corrected chi connectivity index (χ2v) is 5.41. The van der Waals surface area contributed by atoms with Gasteiger partial charge in [-0.3, -0.25) is 0 Å². The summed E-state index contributed by atoms with van der Waals surface area (Å²) < 4.78 is 19.7. The molecule has 2 rings (SSSR count). The average Bonchev–Trinajstić information content (AvgIpc) is 2.65. The number of halogens is 1. The molecule has 0 unspecified atom stereocenters. The van der Waals surface area contributed by atoms with Crippen LogP contribution in [0.2, 0.25) is 0 Å².